The molecule has 1 aromatic heterocycles. The van der Waals surface area contributed by atoms with Gasteiger partial charge < -0.3 is 35.8 Å². The number of nitrogens with one attached hydrogen (secondary N) is 3. The molecule has 1 aliphatic heterocycles. The SMILES string of the molecule is CCC1C=C[C@](CO)(c2ccc(C(=O)NCC(=O)N(CC3OCCO3)C(CC)C(=O)NCc3cc(C(=N)N)cs3)cc2)CC1. The van der Waals surface area contributed by atoms with Gasteiger partial charge in [0.1, 0.15) is 11.9 Å². The van der Waals surface area contributed by atoms with E-state index in [1.54, 1.807) is 23.6 Å². The summed E-state index contributed by atoms with van der Waals surface area (Å²) in [6.45, 7) is 4.70. The van der Waals surface area contributed by atoms with Crippen LogP contribution < -0.4 is 16.4 Å². The molecule has 2 heterocycles. The van der Waals surface area contributed by atoms with Crippen molar-refractivity contribution in [3.63, 3.8) is 0 Å². The number of nitrogen functional groups attached to an aromatic ring is 1. The molecule has 1 aliphatic carbocycles. The first kappa shape index (κ1) is 33.3. The van der Waals surface area contributed by atoms with Crippen LogP contribution in [0.2, 0.25) is 0 Å². The van der Waals surface area contributed by atoms with E-state index in [4.69, 9.17) is 20.6 Å². The quantitative estimate of drug-likeness (QED) is 0.122. The van der Waals surface area contributed by atoms with Gasteiger partial charge in [0, 0.05) is 26.8 Å². The Bertz CT molecular complexity index is 1340. The molecule has 1 fully saturated rings. The molecule has 0 radical (unpaired) electrons. The van der Waals surface area contributed by atoms with Gasteiger partial charge in [0.15, 0.2) is 6.29 Å². The van der Waals surface area contributed by atoms with E-state index >= 15 is 0 Å². The fraction of sp³-hybridized carbons (Fsp3) is 0.500. The van der Waals surface area contributed by atoms with Crippen molar-refractivity contribution >= 4 is 34.9 Å². The van der Waals surface area contributed by atoms with E-state index in [-0.39, 0.29) is 38.0 Å². The van der Waals surface area contributed by atoms with Crippen LogP contribution in [0.3, 0.4) is 0 Å². The second-order valence-electron chi connectivity index (χ2n) is 11.2. The van der Waals surface area contributed by atoms with Crippen LogP contribution >= 0.6 is 11.3 Å². The summed E-state index contributed by atoms with van der Waals surface area (Å²) in [6, 6.07) is 8.05. The zero-order valence-electron chi connectivity index (χ0n) is 25.3. The highest BCUT2D eigenvalue weighted by Gasteiger charge is 2.34. The number of hydrogen-bond donors (Lipinski definition) is 5. The monoisotopic (exact) mass is 625 g/mol. The molecule has 1 aromatic carbocycles. The molecule has 238 valence electrons. The van der Waals surface area contributed by atoms with E-state index in [0.717, 1.165) is 29.7 Å². The second-order valence-corrected chi connectivity index (χ2v) is 12.2. The molecule has 2 aliphatic rings. The maximum Gasteiger partial charge on any atom is 0.251 e. The predicted octanol–water partition coefficient (Wildman–Crippen LogP) is 2.66. The van der Waals surface area contributed by atoms with E-state index in [1.807, 2.05) is 19.1 Å². The molecule has 4 rings (SSSR count). The summed E-state index contributed by atoms with van der Waals surface area (Å²) in [5.74, 6) is -0.736. The van der Waals surface area contributed by atoms with E-state index in [9.17, 15) is 19.5 Å². The second kappa shape index (κ2) is 15.4. The standard InChI is InChI=1S/C32H43N5O6S/c1-3-21-9-11-32(20-38,12-10-21)24-7-5-22(6-8-24)30(40)36-17-27(39)37(18-28-42-13-14-43-28)26(4-2)31(41)35-16-25-15-23(19-44-25)29(33)34/h5-9,11,15,19,21,26,28,38H,3-4,10,12-14,16-18,20H2,1-2H3,(H3,33,34)(H,35,41)(H,36,40)/t21?,26?,32-/m0/s1. The van der Waals surface area contributed by atoms with Gasteiger partial charge in [-0.25, -0.2) is 0 Å². The molecule has 2 unspecified atom stereocenters. The van der Waals surface area contributed by atoms with Crippen molar-refractivity contribution in [1.82, 2.24) is 15.5 Å². The normalized spacial score (nSPS) is 20.7. The summed E-state index contributed by atoms with van der Waals surface area (Å²) < 4.78 is 11.1. The smallest absolute Gasteiger partial charge is 0.251 e. The fourth-order valence-corrected chi connectivity index (χ4v) is 6.41. The number of nitrogens with zero attached hydrogens (tertiary/aromatic N) is 1. The summed E-state index contributed by atoms with van der Waals surface area (Å²) >= 11 is 1.38. The molecular weight excluding hydrogens is 582 g/mol. The Hall–Kier alpha value is -3.58. The van der Waals surface area contributed by atoms with E-state index < -0.39 is 29.6 Å². The molecule has 0 bridgehead atoms. The minimum atomic E-state index is -0.816. The lowest BCUT2D eigenvalue weighted by Crippen LogP contribution is -2.54. The number of aliphatic hydroxyl groups excluding tert-OH is 1. The number of amides is 3. The maximum atomic E-state index is 13.5. The molecule has 3 atom stereocenters. The van der Waals surface area contributed by atoms with Crippen molar-refractivity contribution in [2.24, 2.45) is 11.7 Å². The first-order valence-corrected chi connectivity index (χ1v) is 16.0. The average Bonchev–Trinajstić information content (AvgIpc) is 3.75. The van der Waals surface area contributed by atoms with Crippen LogP contribution in [0.15, 0.2) is 47.9 Å². The largest absolute Gasteiger partial charge is 0.395 e. The Labute approximate surface area is 262 Å². The Kier molecular flexibility index (Phi) is 11.7. The third kappa shape index (κ3) is 8.12. The Balaban J connectivity index is 1.39. The zero-order valence-corrected chi connectivity index (χ0v) is 26.2. The Morgan fingerprint density at radius 1 is 1.16 bits per heavy atom. The van der Waals surface area contributed by atoms with Crippen molar-refractivity contribution in [2.45, 2.75) is 63.8 Å². The number of thiophene rings is 1. The summed E-state index contributed by atoms with van der Waals surface area (Å²) in [6.07, 6.45) is 6.84. The first-order chi connectivity index (χ1) is 21.2. The number of aliphatic hydroxyl groups is 1. The topological polar surface area (TPSA) is 167 Å². The van der Waals surface area contributed by atoms with Crippen LogP contribution in [0.4, 0.5) is 0 Å². The summed E-state index contributed by atoms with van der Waals surface area (Å²) in [5.41, 5.74) is 7.00. The number of allylic oxidation sites excluding steroid dienone is 1. The van der Waals surface area contributed by atoms with Crippen LogP contribution in [-0.4, -0.2) is 78.8 Å². The molecule has 0 saturated carbocycles. The third-order valence-electron chi connectivity index (χ3n) is 8.40. The minimum absolute atomic E-state index is 0.0107. The van der Waals surface area contributed by atoms with Crippen LogP contribution in [-0.2, 0) is 31.0 Å². The number of nitrogens with two attached hydrogens (primary N) is 1. The third-order valence-corrected chi connectivity index (χ3v) is 9.34. The summed E-state index contributed by atoms with van der Waals surface area (Å²) in [4.78, 5) is 42.0. The molecule has 2 aromatic rings. The van der Waals surface area contributed by atoms with Gasteiger partial charge in [0.25, 0.3) is 5.91 Å². The van der Waals surface area contributed by atoms with Crippen LogP contribution in [0.25, 0.3) is 0 Å². The number of rotatable bonds is 14. The molecule has 6 N–H and O–H groups in total. The van der Waals surface area contributed by atoms with Gasteiger partial charge >= 0.3 is 0 Å². The number of benzene rings is 1. The zero-order chi connectivity index (χ0) is 31.7. The van der Waals surface area contributed by atoms with Gasteiger partial charge in [0.05, 0.1) is 39.5 Å². The van der Waals surface area contributed by atoms with Crippen molar-refractivity contribution in [1.29, 1.82) is 5.41 Å². The minimum Gasteiger partial charge on any atom is -0.395 e. The van der Waals surface area contributed by atoms with Crippen molar-refractivity contribution in [3.05, 3.63) is 69.4 Å². The van der Waals surface area contributed by atoms with Crippen LogP contribution in [0.1, 0.15) is 65.9 Å². The molecule has 0 spiro atoms. The van der Waals surface area contributed by atoms with Gasteiger partial charge in [0.2, 0.25) is 11.8 Å². The van der Waals surface area contributed by atoms with Crippen molar-refractivity contribution in [3.8, 4) is 0 Å². The first-order valence-electron chi connectivity index (χ1n) is 15.1. The lowest BCUT2D eigenvalue weighted by Gasteiger charge is -2.34. The highest BCUT2D eigenvalue weighted by molar-refractivity contribution is 7.10. The fourth-order valence-electron chi connectivity index (χ4n) is 5.59. The average molecular weight is 626 g/mol. The number of hydrogen-bond acceptors (Lipinski definition) is 8. The lowest BCUT2D eigenvalue weighted by molar-refractivity contribution is -0.146. The number of ether oxygens (including phenoxy) is 2. The maximum absolute atomic E-state index is 13.5. The van der Waals surface area contributed by atoms with Gasteiger partial charge in [-0.05, 0) is 55.4 Å². The van der Waals surface area contributed by atoms with Gasteiger partial charge in [-0.3, -0.25) is 19.8 Å². The Morgan fingerprint density at radius 3 is 2.45 bits per heavy atom. The van der Waals surface area contributed by atoms with E-state index in [0.29, 0.717) is 36.7 Å². The van der Waals surface area contributed by atoms with Gasteiger partial charge in [-0.1, -0.05) is 38.1 Å². The number of amidine groups is 1. The molecule has 44 heavy (non-hydrogen) atoms. The lowest BCUT2D eigenvalue weighted by atomic mass is 9.71. The molecule has 12 heteroatoms. The van der Waals surface area contributed by atoms with Crippen molar-refractivity contribution < 1.29 is 29.0 Å². The van der Waals surface area contributed by atoms with E-state index in [2.05, 4.69) is 29.7 Å². The van der Waals surface area contributed by atoms with Gasteiger partial charge in [-0.2, -0.15) is 0 Å². The molecule has 3 amide bonds. The molecule has 11 nitrogen and oxygen atoms in total. The van der Waals surface area contributed by atoms with Crippen molar-refractivity contribution in [2.75, 3.05) is 32.9 Å². The highest BCUT2D eigenvalue weighted by atomic mass is 32.1. The summed E-state index contributed by atoms with van der Waals surface area (Å²) in [5, 5.41) is 25.1. The number of carbonyl (C=O) groups excluding carboxylic acids is 3. The van der Waals surface area contributed by atoms with Crippen LogP contribution in [0.5, 0.6) is 0 Å². The van der Waals surface area contributed by atoms with Crippen LogP contribution in [0, 0.1) is 11.3 Å². The number of carbonyl (C=O) groups is 3. The molecular formula is C32H43N5O6S. The predicted molar refractivity (Wildman–Crippen MR) is 168 cm³/mol. The Morgan fingerprint density at radius 2 is 1.89 bits per heavy atom. The van der Waals surface area contributed by atoms with Gasteiger partial charge in [-0.15, -0.1) is 11.3 Å². The molecule has 1 saturated heterocycles. The summed E-state index contributed by atoms with van der Waals surface area (Å²) in [7, 11) is 0. The van der Waals surface area contributed by atoms with E-state index in [1.165, 1.54) is 16.2 Å². The highest BCUT2D eigenvalue weighted by Crippen LogP contribution is 2.37.